The molecule has 0 fully saturated rings. The highest BCUT2D eigenvalue weighted by Crippen LogP contribution is 2.13. The fourth-order valence-corrected chi connectivity index (χ4v) is 2.09. The van der Waals surface area contributed by atoms with Crippen molar-refractivity contribution in [3.63, 3.8) is 0 Å². The Labute approximate surface area is 113 Å². The molecule has 1 aromatic carbocycles. The zero-order chi connectivity index (χ0) is 14.3. The molecule has 1 aromatic rings. The van der Waals surface area contributed by atoms with Gasteiger partial charge < -0.3 is 5.32 Å². The molecule has 0 aliphatic carbocycles. The van der Waals surface area contributed by atoms with Crippen LogP contribution in [0.2, 0.25) is 0 Å². The Morgan fingerprint density at radius 2 is 1.95 bits per heavy atom. The van der Waals surface area contributed by atoms with Gasteiger partial charge in [0.1, 0.15) is 0 Å². The smallest absolute Gasteiger partial charge is 0.276 e. The number of carbonyl (C=O) groups excluding carboxylic acids is 1. The average Bonchev–Trinajstić information content (AvgIpc) is 2.35. The Bertz CT molecular complexity index is 550. The molecule has 1 amide bonds. The van der Waals surface area contributed by atoms with Gasteiger partial charge in [0.15, 0.2) is 0 Å². The fourth-order valence-electron chi connectivity index (χ4n) is 1.27. The molecule has 0 saturated carbocycles. The first-order valence-electron chi connectivity index (χ1n) is 5.86. The maximum Gasteiger partial charge on any atom is 0.276 e. The predicted molar refractivity (Wildman–Crippen MR) is 74.5 cm³/mol. The van der Waals surface area contributed by atoms with E-state index in [0.717, 1.165) is 6.42 Å². The van der Waals surface area contributed by atoms with E-state index in [1.54, 1.807) is 0 Å². The maximum atomic E-state index is 11.8. The molecule has 0 heterocycles. The SMILES string of the molecule is CCCC=NNS(=O)(=O)c1ccc(NC(C)=O)cc1. The molecule has 2 N–H and O–H groups in total. The summed E-state index contributed by atoms with van der Waals surface area (Å²) in [6.07, 6.45) is 3.13. The van der Waals surface area contributed by atoms with Crippen molar-refractivity contribution in [2.75, 3.05) is 5.32 Å². The molecule has 0 spiro atoms. The minimum absolute atomic E-state index is 0.0928. The largest absolute Gasteiger partial charge is 0.326 e. The molecule has 0 saturated heterocycles. The van der Waals surface area contributed by atoms with Crippen molar-refractivity contribution in [2.24, 2.45) is 5.10 Å². The van der Waals surface area contributed by atoms with Crippen LogP contribution in [0.15, 0.2) is 34.3 Å². The monoisotopic (exact) mass is 283 g/mol. The third-order valence-electron chi connectivity index (χ3n) is 2.17. The number of benzene rings is 1. The van der Waals surface area contributed by atoms with Crippen LogP contribution in [0.25, 0.3) is 0 Å². The van der Waals surface area contributed by atoms with Crippen molar-refractivity contribution in [1.29, 1.82) is 0 Å². The van der Waals surface area contributed by atoms with Crippen molar-refractivity contribution in [2.45, 2.75) is 31.6 Å². The van der Waals surface area contributed by atoms with Gasteiger partial charge in [0.2, 0.25) is 5.91 Å². The van der Waals surface area contributed by atoms with E-state index in [-0.39, 0.29) is 10.8 Å². The molecule has 0 bridgehead atoms. The van der Waals surface area contributed by atoms with Crippen molar-refractivity contribution in [1.82, 2.24) is 4.83 Å². The molecule has 0 aliphatic rings. The normalized spacial score (nSPS) is 11.5. The van der Waals surface area contributed by atoms with Crippen LogP contribution < -0.4 is 10.1 Å². The summed E-state index contributed by atoms with van der Waals surface area (Å²) < 4.78 is 23.6. The highest BCUT2D eigenvalue weighted by molar-refractivity contribution is 7.89. The van der Waals surface area contributed by atoms with Gasteiger partial charge in [0.25, 0.3) is 10.0 Å². The maximum absolute atomic E-state index is 11.8. The molecule has 0 atom stereocenters. The molecule has 0 unspecified atom stereocenters. The van der Waals surface area contributed by atoms with E-state index in [1.807, 2.05) is 6.92 Å². The lowest BCUT2D eigenvalue weighted by Crippen LogP contribution is -2.18. The third-order valence-corrected chi connectivity index (χ3v) is 3.41. The van der Waals surface area contributed by atoms with Gasteiger partial charge in [0.05, 0.1) is 4.90 Å². The minimum Gasteiger partial charge on any atom is -0.326 e. The molecular formula is C12H17N3O3S. The van der Waals surface area contributed by atoms with E-state index < -0.39 is 10.0 Å². The van der Waals surface area contributed by atoms with Crippen LogP contribution in [-0.4, -0.2) is 20.5 Å². The summed E-state index contributed by atoms with van der Waals surface area (Å²) in [6.45, 7) is 3.36. The number of hydrogen-bond donors (Lipinski definition) is 2. The number of anilines is 1. The van der Waals surface area contributed by atoms with Gasteiger partial charge in [-0.2, -0.15) is 13.5 Å². The summed E-state index contributed by atoms with van der Waals surface area (Å²) in [5.74, 6) is -0.210. The highest BCUT2D eigenvalue weighted by Gasteiger charge is 2.12. The predicted octanol–water partition coefficient (Wildman–Crippen LogP) is 1.71. The molecule has 7 heteroatoms. The Balaban J connectivity index is 2.76. The molecule has 6 nitrogen and oxygen atoms in total. The Morgan fingerprint density at radius 1 is 1.32 bits per heavy atom. The molecule has 0 aromatic heterocycles. The van der Waals surface area contributed by atoms with Crippen molar-refractivity contribution in [3.05, 3.63) is 24.3 Å². The number of carbonyl (C=O) groups is 1. The van der Waals surface area contributed by atoms with Crippen LogP contribution in [0.3, 0.4) is 0 Å². The zero-order valence-corrected chi connectivity index (χ0v) is 11.7. The van der Waals surface area contributed by atoms with Crippen LogP contribution in [0, 0.1) is 0 Å². The summed E-state index contributed by atoms with van der Waals surface area (Å²) in [4.78, 5) is 13.1. The first-order chi connectivity index (χ1) is 8.95. The highest BCUT2D eigenvalue weighted by atomic mass is 32.2. The number of sulfonamides is 1. The lowest BCUT2D eigenvalue weighted by molar-refractivity contribution is -0.114. The number of unbranched alkanes of at least 4 members (excludes halogenated alkanes) is 1. The second-order valence-electron chi connectivity index (χ2n) is 3.90. The molecule has 0 radical (unpaired) electrons. The van der Waals surface area contributed by atoms with E-state index in [4.69, 9.17) is 0 Å². The first-order valence-corrected chi connectivity index (χ1v) is 7.35. The van der Waals surface area contributed by atoms with Gasteiger partial charge in [-0.05, 0) is 30.7 Å². The molecule has 1 rings (SSSR count). The second kappa shape index (κ2) is 6.89. The van der Waals surface area contributed by atoms with Crippen LogP contribution in [-0.2, 0) is 14.8 Å². The average molecular weight is 283 g/mol. The molecule has 0 aliphatic heterocycles. The van der Waals surface area contributed by atoms with Gasteiger partial charge >= 0.3 is 0 Å². The summed E-state index contributed by atoms with van der Waals surface area (Å²) in [5, 5.41) is 6.21. The summed E-state index contributed by atoms with van der Waals surface area (Å²) >= 11 is 0. The summed E-state index contributed by atoms with van der Waals surface area (Å²) in [7, 11) is -3.65. The Morgan fingerprint density at radius 3 is 2.47 bits per heavy atom. The Hall–Kier alpha value is -1.89. The van der Waals surface area contributed by atoms with E-state index >= 15 is 0 Å². The van der Waals surface area contributed by atoms with E-state index in [2.05, 4.69) is 15.2 Å². The number of hydrogen-bond acceptors (Lipinski definition) is 4. The van der Waals surface area contributed by atoms with Crippen LogP contribution in [0.1, 0.15) is 26.7 Å². The minimum atomic E-state index is -3.65. The lowest BCUT2D eigenvalue weighted by atomic mass is 10.3. The van der Waals surface area contributed by atoms with E-state index in [1.165, 1.54) is 37.4 Å². The van der Waals surface area contributed by atoms with Gasteiger partial charge in [-0.25, -0.2) is 4.83 Å². The van der Waals surface area contributed by atoms with Crippen molar-refractivity contribution in [3.8, 4) is 0 Å². The fraction of sp³-hybridized carbons (Fsp3) is 0.333. The summed E-state index contributed by atoms with van der Waals surface area (Å²) in [6, 6.07) is 5.85. The second-order valence-corrected chi connectivity index (χ2v) is 5.56. The molecular weight excluding hydrogens is 266 g/mol. The molecule has 104 valence electrons. The third kappa shape index (κ3) is 5.09. The van der Waals surface area contributed by atoms with Gasteiger partial charge in [0, 0.05) is 18.8 Å². The number of nitrogens with zero attached hydrogens (tertiary/aromatic N) is 1. The van der Waals surface area contributed by atoms with Crippen LogP contribution in [0.4, 0.5) is 5.69 Å². The first kappa shape index (κ1) is 15.2. The molecule has 19 heavy (non-hydrogen) atoms. The summed E-state index contributed by atoms with van der Waals surface area (Å²) in [5.41, 5.74) is 0.543. The number of hydrazone groups is 1. The van der Waals surface area contributed by atoms with E-state index in [0.29, 0.717) is 12.1 Å². The number of amides is 1. The number of rotatable bonds is 6. The van der Waals surface area contributed by atoms with Gasteiger partial charge in [-0.1, -0.05) is 13.3 Å². The zero-order valence-electron chi connectivity index (χ0n) is 10.9. The van der Waals surface area contributed by atoms with Gasteiger partial charge in [-0.3, -0.25) is 4.79 Å². The standard InChI is InChI=1S/C12H17N3O3S/c1-3-4-9-13-15-19(17,18)12-7-5-11(6-8-12)14-10(2)16/h5-9,15H,3-4H2,1-2H3,(H,14,16). The Kier molecular flexibility index (Phi) is 5.50. The van der Waals surface area contributed by atoms with E-state index in [9.17, 15) is 13.2 Å². The number of nitrogens with one attached hydrogen (secondary N) is 2. The van der Waals surface area contributed by atoms with Gasteiger partial charge in [-0.15, -0.1) is 0 Å². The van der Waals surface area contributed by atoms with Crippen LogP contribution >= 0.6 is 0 Å². The van der Waals surface area contributed by atoms with Crippen molar-refractivity contribution >= 4 is 27.8 Å². The lowest BCUT2D eigenvalue weighted by Gasteiger charge is -2.05. The van der Waals surface area contributed by atoms with Crippen LogP contribution in [0.5, 0.6) is 0 Å². The quantitative estimate of drug-likeness (QED) is 0.615. The topological polar surface area (TPSA) is 87.6 Å². The van der Waals surface area contributed by atoms with Crippen molar-refractivity contribution < 1.29 is 13.2 Å².